The Morgan fingerprint density at radius 3 is 2.50 bits per heavy atom. The molecule has 1 atom stereocenters. The molecule has 3 aromatic rings. The number of esters is 1. The number of aromatic nitrogens is 1. The Bertz CT molecular complexity index is 1230. The second kappa shape index (κ2) is 7.13. The molecule has 1 aromatic heterocycles. The molecule has 158 valence electrons. The van der Waals surface area contributed by atoms with E-state index in [4.69, 9.17) is 5.73 Å². The number of nitrogens with zero attached hydrogens (tertiary/aromatic N) is 1. The van der Waals surface area contributed by atoms with Crippen molar-refractivity contribution in [2.75, 3.05) is 0 Å². The molecule has 0 bridgehead atoms. The molecule has 1 unspecified atom stereocenters. The highest BCUT2D eigenvalue weighted by atomic mass is 32.2. The zero-order valence-electron chi connectivity index (χ0n) is 15.5. The Balaban J connectivity index is 1.97. The van der Waals surface area contributed by atoms with Crippen molar-refractivity contribution in [3.8, 4) is 5.75 Å². The summed E-state index contributed by atoms with van der Waals surface area (Å²) in [6, 6.07) is 10.5. The molecule has 1 aliphatic carbocycles. The van der Waals surface area contributed by atoms with Gasteiger partial charge < -0.3 is 10.5 Å². The summed E-state index contributed by atoms with van der Waals surface area (Å²) in [6.07, 6.45) is -2.69. The van der Waals surface area contributed by atoms with Crippen molar-refractivity contribution >= 4 is 26.9 Å². The molecule has 2 aromatic carbocycles. The molecule has 1 aliphatic rings. The van der Waals surface area contributed by atoms with Crippen molar-refractivity contribution in [2.24, 2.45) is 5.73 Å². The number of fused-ring (bicyclic) bond motifs is 3. The molecule has 0 spiro atoms. The molecule has 0 aliphatic heterocycles. The molecule has 0 radical (unpaired) electrons. The number of carbonyl (C=O) groups is 1. The molecule has 6 nitrogen and oxygen atoms in total. The highest BCUT2D eigenvalue weighted by Crippen LogP contribution is 2.38. The summed E-state index contributed by atoms with van der Waals surface area (Å²) in [5, 5.41) is 0.153. The minimum Gasteiger partial charge on any atom is -0.418 e. The fraction of sp³-hybridized carbons (Fsp3) is 0.250. The third kappa shape index (κ3) is 3.46. The number of nitrogens with two attached hydrogens (primary N) is 1. The highest BCUT2D eigenvalue weighted by Gasteiger charge is 2.42. The van der Waals surface area contributed by atoms with Gasteiger partial charge in [0.25, 0.3) is 10.0 Å². The predicted molar refractivity (Wildman–Crippen MR) is 103 cm³/mol. The molecule has 0 saturated carbocycles. The maximum atomic E-state index is 13.2. The van der Waals surface area contributed by atoms with Crippen molar-refractivity contribution < 1.29 is 31.1 Å². The van der Waals surface area contributed by atoms with E-state index < -0.39 is 27.9 Å². The van der Waals surface area contributed by atoms with E-state index in [-0.39, 0.29) is 21.8 Å². The van der Waals surface area contributed by atoms with Gasteiger partial charge in [0.1, 0.15) is 0 Å². The first-order chi connectivity index (χ1) is 14.1. The quantitative estimate of drug-likeness (QED) is 0.635. The number of aryl methyl sites for hydroxylation is 1. The van der Waals surface area contributed by atoms with Crippen LogP contribution in [0, 0.1) is 0 Å². The van der Waals surface area contributed by atoms with Gasteiger partial charge >= 0.3 is 12.1 Å². The fourth-order valence-electron chi connectivity index (χ4n) is 3.69. The van der Waals surface area contributed by atoms with E-state index in [2.05, 4.69) is 4.74 Å². The molecular weight excluding hydrogens is 421 g/mol. The Morgan fingerprint density at radius 2 is 1.83 bits per heavy atom. The van der Waals surface area contributed by atoms with Crippen LogP contribution in [-0.2, 0) is 27.7 Å². The summed E-state index contributed by atoms with van der Waals surface area (Å²) in [4.78, 5) is 11.5. The normalized spacial score (nSPS) is 17.0. The first-order valence-corrected chi connectivity index (χ1v) is 10.5. The molecule has 1 heterocycles. The molecule has 2 N–H and O–H groups in total. The lowest BCUT2D eigenvalue weighted by molar-refractivity contribution is -0.189. The molecule has 10 heteroatoms. The summed E-state index contributed by atoms with van der Waals surface area (Å²) in [5.74, 6) is -2.88. The zero-order chi connectivity index (χ0) is 21.7. The van der Waals surface area contributed by atoms with Crippen LogP contribution in [0.25, 0.3) is 10.9 Å². The molecular formula is C20H17F3N2O4S. The van der Waals surface area contributed by atoms with Gasteiger partial charge in [0.2, 0.25) is 0 Å². The van der Waals surface area contributed by atoms with E-state index in [1.165, 1.54) is 30.3 Å². The number of alkyl halides is 3. The zero-order valence-corrected chi connectivity index (χ0v) is 16.3. The van der Waals surface area contributed by atoms with Crippen molar-refractivity contribution in [3.05, 3.63) is 59.8 Å². The summed E-state index contributed by atoms with van der Waals surface area (Å²) in [6.45, 7) is 0. The molecule has 0 saturated heterocycles. The van der Waals surface area contributed by atoms with Crippen molar-refractivity contribution in [2.45, 2.75) is 36.4 Å². The summed E-state index contributed by atoms with van der Waals surface area (Å²) in [5.41, 5.74) is 7.59. The number of rotatable bonds is 3. The lowest BCUT2D eigenvalue weighted by Crippen LogP contribution is -2.29. The van der Waals surface area contributed by atoms with Crippen LogP contribution in [0.1, 0.15) is 17.5 Å². The van der Waals surface area contributed by atoms with E-state index in [1.807, 2.05) is 0 Å². The Hall–Kier alpha value is -2.85. The van der Waals surface area contributed by atoms with Crippen LogP contribution in [0.4, 0.5) is 13.2 Å². The van der Waals surface area contributed by atoms with Gasteiger partial charge in [-0.1, -0.05) is 24.3 Å². The van der Waals surface area contributed by atoms with E-state index in [1.54, 1.807) is 12.1 Å². The number of benzene rings is 2. The number of ether oxygens (including phenoxy) is 1. The number of hydrogen-bond donors (Lipinski definition) is 1. The Kier molecular flexibility index (Phi) is 4.86. The highest BCUT2D eigenvalue weighted by molar-refractivity contribution is 7.90. The monoisotopic (exact) mass is 438 g/mol. The van der Waals surface area contributed by atoms with Crippen LogP contribution in [0.5, 0.6) is 5.75 Å². The summed E-state index contributed by atoms with van der Waals surface area (Å²) >= 11 is 0. The molecule has 0 amide bonds. The summed E-state index contributed by atoms with van der Waals surface area (Å²) in [7, 11) is -4.14. The van der Waals surface area contributed by atoms with Gasteiger partial charge in [-0.3, -0.25) is 0 Å². The largest absolute Gasteiger partial charge is 0.491 e. The van der Waals surface area contributed by atoms with Crippen molar-refractivity contribution in [1.82, 2.24) is 3.97 Å². The molecule has 30 heavy (non-hydrogen) atoms. The Morgan fingerprint density at radius 1 is 1.13 bits per heavy atom. The third-order valence-electron chi connectivity index (χ3n) is 5.09. The number of halogens is 3. The number of hydrogen-bond acceptors (Lipinski definition) is 5. The van der Waals surface area contributed by atoms with Crippen LogP contribution in [0.2, 0.25) is 0 Å². The van der Waals surface area contributed by atoms with Gasteiger partial charge in [0.05, 0.1) is 16.6 Å². The Labute approximate surface area is 170 Å². The topological polar surface area (TPSA) is 91.4 Å². The van der Waals surface area contributed by atoms with E-state index in [0.717, 1.165) is 15.7 Å². The van der Waals surface area contributed by atoms with Gasteiger partial charge in [-0.25, -0.2) is 17.2 Å². The second-order valence-corrected chi connectivity index (χ2v) is 8.91. The molecule has 4 rings (SSSR count). The van der Waals surface area contributed by atoms with Gasteiger partial charge in [0, 0.05) is 11.4 Å². The van der Waals surface area contributed by atoms with Crippen LogP contribution < -0.4 is 10.5 Å². The maximum Gasteiger partial charge on any atom is 0.491 e. The third-order valence-corrected chi connectivity index (χ3v) is 6.78. The van der Waals surface area contributed by atoms with Gasteiger partial charge in [-0.2, -0.15) is 13.2 Å². The van der Waals surface area contributed by atoms with E-state index in [0.29, 0.717) is 24.8 Å². The van der Waals surface area contributed by atoms with Gasteiger partial charge in [0.15, 0.2) is 5.75 Å². The smallest absolute Gasteiger partial charge is 0.418 e. The predicted octanol–water partition coefficient (Wildman–Crippen LogP) is 3.16. The lowest BCUT2D eigenvalue weighted by atomic mass is 9.86. The average Bonchev–Trinajstić information content (AvgIpc) is 3.07. The van der Waals surface area contributed by atoms with Gasteiger partial charge in [-0.05, 0) is 48.6 Å². The van der Waals surface area contributed by atoms with Crippen molar-refractivity contribution in [3.63, 3.8) is 0 Å². The SMILES string of the molecule is NC1CCc2ccc3c(c(OC(=O)C(F)(F)F)cn3S(=O)(=O)c3ccccc3)c2C1. The summed E-state index contributed by atoms with van der Waals surface area (Å²) < 4.78 is 70.2. The average molecular weight is 438 g/mol. The maximum absolute atomic E-state index is 13.2. The minimum absolute atomic E-state index is 0.0509. The van der Waals surface area contributed by atoms with Crippen LogP contribution in [0.3, 0.4) is 0 Å². The standard InChI is InChI=1S/C20H17F3N2O4S/c21-20(22,23)19(26)29-17-11-25(30(27,28)14-4-2-1-3-5-14)16-9-7-12-6-8-13(24)10-15(12)18(16)17/h1-5,7,9,11,13H,6,8,10,24H2. The van der Waals surface area contributed by atoms with Gasteiger partial charge in [-0.15, -0.1) is 0 Å². The van der Waals surface area contributed by atoms with Crippen LogP contribution in [0.15, 0.2) is 53.6 Å². The first-order valence-electron chi connectivity index (χ1n) is 9.10. The van der Waals surface area contributed by atoms with E-state index in [9.17, 15) is 26.4 Å². The molecule has 0 fully saturated rings. The van der Waals surface area contributed by atoms with Crippen molar-refractivity contribution in [1.29, 1.82) is 0 Å². The minimum atomic E-state index is -5.22. The number of carbonyl (C=O) groups excluding carboxylic acids is 1. The van der Waals surface area contributed by atoms with E-state index >= 15 is 0 Å². The lowest BCUT2D eigenvalue weighted by Gasteiger charge is -2.22. The van der Waals surface area contributed by atoms with Crippen LogP contribution in [-0.4, -0.2) is 30.6 Å². The first kappa shape index (κ1) is 20.4. The van der Waals surface area contributed by atoms with Crippen LogP contribution >= 0.6 is 0 Å². The fourth-order valence-corrected chi connectivity index (χ4v) is 5.06. The second-order valence-electron chi connectivity index (χ2n) is 7.09.